The molecule has 1 saturated carbocycles. The number of nitrogens with zero attached hydrogens (tertiary/aromatic N) is 1. The van der Waals surface area contributed by atoms with Crippen molar-refractivity contribution in [2.75, 3.05) is 26.2 Å². The summed E-state index contributed by atoms with van der Waals surface area (Å²) in [7, 11) is 0. The highest BCUT2D eigenvalue weighted by molar-refractivity contribution is 5.93. The Morgan fingerprint density at radius 2 is 1.81 bits per heavy atom. The van der Waals surface area contributed by atoms with Gasteiger partial charge in [0.25, 0.3) is 5.91 Å². The van der Waals surface area contributed by atoms with Crippen molar-refractivity contribution in [3.8, 4) is 0 Å². The molecule has 166 valence electrons. The molecule has 0 bridgehead atoms. The third-order valence-electron chi connectivity index (χ3n) is 7.20. The van der Waals surface area contributed by atoms with Gasteiger partial charge in [-0.2, -0.15) is 0 Å². The van der Waals surface area contributed by atoms with Crippen LogP contribution >= 0.6 is 0 Å². The Kier molecular flexibility index (Phi) is 7.06. The van der Waals surface area contributed by atoms with Crippen molar-refractivity contribution in [1.82, 2.24) is 15.7 Å². The molecule has 31 heavy (non-hydrogen) atoms. The molecule has 1 aliphatic heterocycles. The van der Waals surface area contributed by atoms with Crippen molar-refractivity contribution in [3.05, 3.63) is 71.3 Å². The van der Waals surface area contributed by atoms with E-state index in [-0.39, 0.29) is 5.54 Å². The molecule has 0 spiro atoms. The molecule has 2 aliphatic rings. The Bertz CT molecular complexity index is 847. The highest BCUT2D eigenvalue weighted by Crippen LogP contribution is 2.51. The minimum Gasteiger partial charge on any atom is -0.311 e. The van der Waals surface area contributed by atoms with Crippen LogP contribution in [0.25, 0.3) is 0 Å². The third-order valence-corrected chi connectivity index (χ3v) is 7.20. The summed E-state index contributed by atoms with van der Waals surface area (Å²) in [6.45, 7) is 7.04. The minimum absolute atomic E-state index is 0.284. The zero-order chi connectivity index (χ0) is 21.7. The first-order valence-corrected chi connectivity index (χ1v) is 11.6. The standard InChI is InChI=1S/C26H35N3O2/c1-26(18-24(26)22-7-3-2-4-8-22)27-19-21-13-16-29(17-14-21)15-5-6-20-9-11-23(12-10-20)25(30)28-31/h2-4,7-12,21,24,27,31H,5-6,13-19H2,1H3,(H,28,30). The Morgan fingerprint density at radius 3 is 2.48 bits per heavy atom. The van der Waals surface area contributed by atoms with Gasteiger partial charge in [0.05, 0.1) is 0 Å². The van der Waals surface area contributed by atoms with E-state index in [1.807, 2.05) is 12.1 Å². The lowest BCUT2D eigenvalue weighted by Crippen LogP contribution is -2.40. The van der Waals surface area contributed by atoms with Crippen LogP contribution in [-0.2, 0) is 6.42 Å². The highest BCUT2D eigenvalue weighted by Gasteiger charge is 2.50. The van der Waals surface area contributed by atoms with E-state index in [0.29, 0.717) is 11.5 Å². The number of benzene rings is 2. The Hall–Kier alpha value is -2.21. The van der Waals surface area contributed by atoms with Crippen LogP contribution in [0.5, 0.6) is 0 Å². The minimum atomic E-state index is -0.463. The topological polar surface area (TPSA) is 64.6 Å². The second-order valence-electron chi connectivity index (χ2n) is 9.49. The molecule has 0 aromatic heterocycles. The fourth-order valence-corrected chi connectivity index (χ4v) is 4.92. The molecule has 1 aliphatic carbocycles. The second kappa shape index (κ2) is 9.94. The first-order chi connectivity index (χ1) is 15.1. The number of hydrogen-bond acceptors (Lipinski definition) is 4. The van der Waals surface area contributed by atoms with Gasteiger partial charge in [0.15, 0.2) is 0 Å². The molecule has 3 N–H and O–H groups in total. The molecule has 4 rings (SSSR count). The predicted molar refractivity (Wildman–Crippen MR) is 123 cm³/mol. The largest absolute Gasteiger partial charge is 0.311 e. The van der Waals surface area contributed by atoms with Crippen molar-refractivity contribution < 1.29 is 10.0 Å². The molecule has 2 fully saturated rings. The Balaban J connectivity index is 1.12. The first-order valence-electron chi connectivity index (χ1n) is 11.6. The smallest absolute Gasteiger partial charge is 0.274 e. The van der Waals surface area contributed by atoms with Gasteiger partial charge in [0, 0.05) is 17.0 Å². The fourth-order valence-electron chi connectivity index (χ4n) is 4.92. The van der Waals surface area contributed by atoms with Crippen molar-refractivity contribution in [2.24, 2.45) is 5.92 Å². The van der Waals surface area contributed by atoms with Gasteiger partial charge >= 0.3 is 0 Å². The molecule has 2 unspecified atom stereocenters. The maximum Gasteiger partial charge on any atom is 0.274 e. The molecule has 1 amide bonds. The summed E-state index contributed by atoms with van der Waals surface area (Å²) in [5, 5.41) is 12.6. The lowest BCUT2D eigenvalue weighted by atomic mass is 9.95. The SMILES string of the molecule is CC1(NCC2CCN(CCCc3ccc(C(=O)NO)cc3)CC2)CC1c1ccccc1. The van der Waals surface area contributed by atoms with Gasteiger partial charge < -0.3 is 10.2 Å². The van der Waals surface area contributed by atoms with E-state index in [1.54, 1.807) is 17.6 Å². The summed E-state index contributed by atoms with van der Waals surface area (Å²) in [5.41, 5.74) is 5.14. The van der Waals surface area contributed by atoms with Crippen molar-refractivity contribution in [2.45, 2.75) is 50.5 Å². The fraction of sp³-hybridized carbons (Fsp3) is 0.500. The molecule has 2 atom stereocenters. The first kappa shape index (κ1) is 22.0. The zero-order valence-corrected chi connectivity index (χ0v) is 18.5. The van der Waals surface area contributed by atoms with Gasteiger partial charge in [-0.3, -0.25) is 10.0 Å². The Labute approximate surface area is 185 Å². The molecule has 1 saturated heterocycles. The maximum absolute atomic E-state index is 11.4. The number of amides is 1. The molecule has 2 aromatic rings. The number of nitrogens with one attached hydrogen (secondary N) is 2. The lowest BCUT2D eigenvalue weighted by molar-refractivity contribution is 0.0706. The van der Waals surface area contributed by atoms with Crippen LogP contribution in [0.2, 0.25) is 0 Å². The summed E-state index contributed by atoms with van der Waals surface area (Å²) in [4.78, 5) is 14.0. The van der Waals surface area contributed by atoms with Crippen molar-refractivity contribution in [3.63, 3.8) is 0 Å². The van der Waals surface area contributed by atoms with Gasteiger partial charge in [-0.25, -0.2) is 5.48 Å². The van der Waals surface area contributed by atoms with Crippen LogP contribution in [0, 0.1) is 5.92 Å². The highest BCUT2D eigenvalue weighted by atomic mass is 16.5. The predicted octanol–water partition coefficient (Wildman–Crippen LogP) is 3.99. The van der Waals surface area contributed by atoms with E-state index in [9.17, 15) is 4.79 Å². The summed E-state index contributed by atoms with van der Waals surface area (Å²) >= 11 is 0. The lowest BCUT2D eigenvalue weighted by Gasteiger charge is -2.33. The van der Waals surface area contributed by atoms with Crippen molar-refractivity contribution >= 4 is 5.91 Å². The number of hydroxylamine groups is 1. The van der Waals surface area contributed by atoms with Crippen LogP contribution < -0.4 is 10.8 Å². The van der Waals surface area contributed by atoms with Crippen LogP contribution in [0.1, 0.15) is 60.0 Å². The summed E-state index contributed by atoms with van der Waals surface area (Å²) in [6.07, 6.45) is 5.96. The number of carbonyl (C=O) groups excluding carboxylic acids is 1. The average molecular weight is 422 g/mol. The van der Waals surface area contributed by atoms with E-state index in [0.717, 1.165) is 31.8 Å². The van der Waals surface area contributed by atoms with Crippen LogP contribution in [0.3, 0.4) is 0 Å². The van der Waals surface area contributed by atoms with Gasteiger partial charge in [0.2, 0.25) is 0 Å². The van der Waals surface area contributed by atoms with Gasteiger partial charge in [-0.15, -0.1) is 0 Å². The molecule has 1 heterocycles. The molecule has 5 heteroatoms. The van der Waals surface area contributed by atoms with Crippen molar-refractivity contribution in [1.29, 1.82) is 0 Å². The van der Waals surface area contributed by atoms with Crippen LogP contribution in [0.15, 0.2) is 54.6 Å². The van der Waals surface area contributed by atoms with Gasteiger partial charge in [0.1, 0.15) is 0 Å². The Morgan fingerprint density at radius 1 is 1.10 bits per heavy atom. The quantitative estimate of drug-likeness (QED) is 0.423. The van der Waals surface area contributed by atoms with E-state index in [4.69, 9.17) is 5.21 Å². The third kappa shape index (κ3) is 5.73. The molecule has 2 aromatic carbocycles. The number of carbonyl (C=O) groups is 1. The maximum atomic E-state index is 11.4. The number of hydrogen-bond donors (Lipinski definition) is 3. The van der Waals surface area contributed by atoms with Crippen LogP contribution in [0.4, 0.5) is 0 Å². The number of rotatable bonds is 9. The number of piperidine rings is 1. The van der Waals surface area contributed by atoms with E-state index in [1.165, 1.54) is 43.5 Å². The van der Waals surface area contributed by atoms with E-state index in [2.05, 4.69) is 47.5 Å². The van der Waals surface area contributed by atoms with Gasteiger partial charge in [-0.05, 0) is 94.4 Å². The molecule has 0 radical (unpaired) electrons. The second-order valence-corrected chi connectivity index (χ2v) is 9.49. The van der Waals surface area contributed by atoms with E-state index < -0.39 is 5.91 Å². The monoisotopic (exact) mass is 421 g/mol. The number of likely N-dealkylation sites (tertiary alicyclic amines) is 1. The molecule has 5 nitrogen and oxygen atoms in total. The average Bonchev–Trinajstić information content (AvgIpc) is 3.50. The number of aryl methyl sites for hydroxylation is 1. The summed E-state index contributed by atoms with van der Waals surface area (Å²) in [5.74, 6) is 0.992. The summed E-state index contributed by atoms with van der Waals surface area (Å²) in [6, 6.07) is 18.4. The molecular formula is C26H35N3O2. The normalized spacial score (nSPS) is 24.1. The van der Waals surface area contributed by atoms with Gasteiger partial charge in [-0.1, -0.05) is 42.5 Å². The van der Waals surface area contributed by atoms with E-state index >= 15 is 0 Å². The summed E-state index contributed by atoms with van der Waals surface area (Å²) < 4.78 is 0. The van der Waals surface area contributed by atoms with Crippen LogP contribution in [-0.4, -0.2) is 47.7 Å². The zero-order valence-electron chi connectivity index (χ0n) is 18.5. The molecular weight excluding hydrogens is 386 g/mol.